The molecule has 1 saturated heterocycles. The number of likely N-dealkylation sites (tertiary alicyclic amines) is 1. The number of benzene rings is 1. The molecule has 0 spiro atoms. The van der Waals surface area contributed by atoms with Gasteiger partial charge in [0.15, 0.2) is 0 Å². The van der Waals surface area contributed by atoms with Crippen LogP contribution in [0.4, 0.5) is 4.39 Å². The summed E-state index contributed by atoms with van der Waals surface area (Å²) in [6.45, 7) is 3.65. The van der Waals surface area contributed by atoms with E-state index in [0.29, 0.717) is 30.8 Å². The Bertz CT molecular complexity index is 722. The third-order valence-electron chi connectivity index (χ3n) is 4.50. The first-order valence-electron chi connectivity index (χ1n) is 8.06. The van der Waals surface area contributed by atoms with Crippen LogP contribution in [0.1, 0.15) is 28.2 Å². The standard InChI is InChI=1S/C18H21FN4O/c1-13-4-5-14(10-16(13)19)18(24)23-9-6-15(11-23)22(2)12-17-20-7-3-8-21-17/h3-5,7-8,10,15H,6,9,11-12H2,1-2H3. The Morgan fingerprint density at radius 1 is 1.38 bits per heavy atom. The number of carbonyl (C=O) groups is 1. The van der Waals surface area contributed by atoms with Crippen LogP contribution in [0.25, 0.3) is 0 Å². The van der Waals surface area contributed by atoms with Crippen LogP contribution >= 0.6 is 0 Å². The van der Waals surface area contributed by atoms with Gasteiger partial charge in [-0.3, -0.25) is 9.69 Å². The van der Waals surface area contributed by atoms with E-state index >= 15 is 0 Å². The van der Waals surface area contributed by atoms with E-state index in [9.17, 15) is 9.18 Å². The monoisotopic (exact) mass is 328 g/mol. The summed E-state index contributed by atoms with van der Waals surface area (Å²) < 4.78 is 13.7. The maximum absolute atomic E-state index is 13.7. The molecule has 0 saturated carbocycles. The fraction of sp³-hybridized carbons (Fsp3) is 0.389. The van der Waals surface area contributed by atoms with Crippen molar-refractivity contribution in [3.63, 3.8) is 0 Å². The number of amides is 1. The predicted octanol–water partition coefficient (Wildman–Crippen LogP) is 2.27. The number of aromatic nitrogens is 2. The van der Waals surface area contributed by atoms with Crippen molar-refractivity contribution in [2.75, 3.05) is 20.1 Å². The van der Waals surface area contributed by atoms with Crippen LogP contribution in [-0.4, -0.2) is 51.9 Å². The first kappa shape index (κ1) is 16.5. The number of nitrogens with zero attached hydrogens (tertiary/aromatic N) is 4. The highest BCUT2D eigenvalue weighted by atomic mass is 19.1. The van der Waals surface area contributed by atoms with Crippen LogP contribution < -0.4 is 0 Å². The number of hydrogen-bond acceptors (Lipinski definition) is 4. The van der Waals surface area contributed by atoms with E-state index in [0.717, 1.165) is 12.2 Å². The summed E-state index contributed by atoms with van der Waals surface area (Å²) in [5.74, 6) is 0.320. The van der Waals surface area contributed by atoms with E-state index in [1.165, 1.54) is 6.07 Å². The molecule has 1 fully saturated rings. The van der Waals surface area contributed by atoms with Gasteiger partial charge < -0.3 is 4.90 Å². The average molecular weight is 328 g/mol. The van der Waals surface area contributed by atoms with Gasteiger partial charge >= 0.3 is 0 Å². The number of halogens is 1. The molecule has 0 radical (unpaired) electrons. The topological polar surface area (TPSA) is 49.3 Å². The summed E-state index contributed by atoms with van der Waals surface area (Å²) in [6, 6.07) is 6.71. The molecule has 1 amide bonds. The maximum Gasteiger partial charge on any atom is 0.254 e. The van der Waals surface area contributed by atoms with Gasteiger partial charge in [-0.15, -0.1) is 0 Å². The minimum atomic E-state index is -0.338. The van der Waals surface area contributed by atoms with Crippen LogP contribution in [0.3, 0.4) is 0 Å². The second-order valence-electron chi connectivity index (χ2n) is 6.24. The molecule has 3 rings (SSSR count). The fourth-order valence-corrected chi connectivity index (χ4v) is 2.96. The molecule has 0 aliphatic carbocycles. The molecular weight excluding hydrogens is 307 g/mol. The fourth-order valence-electron chi connectivity index (χ4n) is 2.96. The highest BCUT2D eigenvalue weighted by molar-refractivity contribution is 5.94. The average Bonchev–Trinajstić information content (AvgIpc) is 3.08. The van der Waals surface area contributed by atoms with Gasteiger partial charge in [0, 0.05) is 37.1 Å². The van der Waals surface area contributed by atoms with Gasteiger partial charge in [0.05, 0.1) is 6.54 Å². The molecule has 0 N–H and O–H groups in total. The molecule has 6 heteroatoms. The third kappa shape index (κ3) is 3.59. The van der Waals surface area contributed by atoms with E-state index in [1.54, 1.807) is 42.4 Å². The van der Waals surface area contributed by atoms with Crippen molar-refractivity contribution in [1.29, 1.82) is 0 Å². The Balaban J connectivity index is 1.62. The van der Waals surface area contributed by atoms with Gasteiger partial charge in [-0.05, 0) is 44.2 Å². The first-order chi connectivity index (χ1) is 11.5. The lowest BCUT2D eigenvalue weighted by molar-refractivity contribution is 0.0779. The van der Waals surface area contributed by atoms with Gasteiger partial charge in [0.25, 0.3) is 5.91 Å². The smallest absolute Gasteiger partial charge is 0.254 e. The van der Waals surface area contributed by atoms with E-state index in [2.05, 4.69) is 14.9 Å². The Hall–Kier alpha value is -2.34. The van der Waals surface area contributed by atoms with Crippen LogP contribution in [-0.2, 0) is 6.54 Å². The second kappa shape index (κ2) is 7.05. The largest absolute Gasteiger partial charge is 0.337 e. The molecule has 5 nitrogen and oxygen atoms in total. The van der Waals surface area contributed by atoms with Crippen LogP contribution in [0.5, 0.6) is 0 Å². The summed E-state index contributed by atoms with van der Waals surface area (Å²) in [7, 11) is 2.01. The number of carbonyl (C=O) groups excluding carboxylic acids is 1. The molecule has 1 aromatic heterocycles. The first-order valence-corrected chi connectivity index (χ1v) is 8.06. The molecule has 2 heterocycles. The number of aryl methyl sites for hydroxylation is 1. The van der Waals surface area contributed by atoms with Gasteiger partial charge in [0.1, 0.15) is 11.6 Å². The van der Waals surface area contributed by atoms with Crippen LogP contribution in [0, 0.1) is 12.7 Å². The minimum absolute atomic E-state index is 0.110. The number of likely N-dealkylation sites (N-methyl/N-ethyl adjacent to an activating group) is 1. The quantitative estimate of drug-likeness (QED) is 0.864. The van der Waals surface area contributed by atoms with Crippen molar-refractivity contribution in [2.45, 2.75) is 25.9 Å². The zero-order chi connectivity index (χ0) is 17.1. The molecule has 24 heavy (non-hydrogen) atoms. The van der Waals surface area contributed by atoms with Crippen molar-refractivity contribution in [3.8, 4) is 0 Å². The Morgan fingerprint density at radius 3 is 2.83 bits per heavy atom. The van der Waals surface area contributed by atoms with Crippen LogP contribution in [0.2, 0.25) is 0 Å². The highest BCUT2D eigenvalue weighted by Gasteiger charge is 2.29. The zero-order valence-electron chi connectivity index (χ0n) is 13.9. The number of rotatable bonds is 4. The second-order valence-corrected chi connectivity index (χ2v) is 6.24. The lowest BCUT2D eigenvalue weighted by Gasteiger charge is -2.24. The lowest BCUT2D eigenvalue weighted by Crippen LogP contribution is -2.36. The van der Waals surface area contributed by atoms with E-state index in [4.69, 9.17) is 0 Å². The summed E-state index contributed by atoms with van der Waals surface area (Å²) in [6.07, 6.45) is 4.35. The molecule has 0 bridgehead atoms. The Morgan fingerprint density at radius 2 is 2.12 bits per heavy atom. The maximum atomic E-state index is 13.7. The SMILES string of the molecule is Cc1ccc(C(=O)N2CCC(N(C)Cc3ncccn3)C2)cc1F. The summed E-state index contributed by atoms with van der Waals surface area (Å²) in [5, 5.41) is 0. The molecule has 1 atom stereocenters. The van der Waals surface area contributed by atoms with E-state index < -0.39 is 0 Å². The summed E-state index contributed by atoms with van der Waals surface area (Å²) >= 11 is 0. The zero-order valence-corrected chi connectivity index (χ0v) is 13.9. The van der Waals surface area contributed by atoms with E-state index in [-0.39, 0.29) is 17.8 Å². The molecule has 1 aromatic carbocycles. The van der Waals surface area contributed by atoms with Crippen molar-refractivity contribution < 1.29 is 9.18 Å². The van der Waals surface area contributed by atoms with Crippen molar-refractivity contribution in [2.24, 2.45) is 0 Å². The van der Waals surface area contributed by atoms with Gasteiger partial charge in [-0.2, -0.15) is 0 Å². The van der Waals surface area contributed by atoms with Gasteiger partial charge in [0.2, 0.25) is 0 Å². The third-order valence-corrected chi connectivity index (χ3v) is 4.50. The summed E-state index contributed by atoms with van der Waals surface area (Å²) in [5.41, 5.74) is 0.959. The normalized spacial score (nSPS) is 17.5. The molecular formula is C18H21FN4O. The van der Waals surface area contributed by atoms with Gasteiger partial charge in [-0.1, -0.05) is 6.07 Å². The Labute approximate surface area is 141 Å². The van der Waals surface area contributed by atoms with Crippen molar-refractivity contribution in [1.82, 2.24) is 19.8 Å². The molecule has 1 aliphatic heterocycles. The molecule has 126 valence electrons. The van der Waals surface area contributed by atoms with E-state index in [1.807, 2.05) is 7.05 Å². The Kier molecular flexibility index (Phi) is 4.85. The molecule has 1 unspecified atom stereocenters. The summed E-state index contributed by atoms with van der Waals surface area (Å²) in [4.78, 5) is 25.0. The predicted molar refractivity (Wildman–Crippen MR) is 88.9 cm³/mol. The van der Waals surface area contributed by atoms with Crippen LogP contribution in [0.15, 0.2) is 36.7 Å². The lowest BCUT2D eigenvalue weighted by atomic mass is 10.1. The van der Waals surface area contributed by atoms with Crippen molar-refractivity contribution >= 4 is 5.91 Å². The van der Waals surface area contributed by atoms with Gasteiger partial charge in [-0.25, -0.2) is 14.4 Å². The highest BCUT2D eigenvalue weighted by Crippen LogP contribution is 2.19. The van der Waals surface area contributed by atoms with Crippen molar-refractivity contribution in [3.05, 3.63) is 59.4 Å². The minimum Gasteiger partial charge on any atom is -0.337 e. The molecule has 1 aliphatic rings. The number of hydrogen-bond donors (Lipinski definition) is 0. The molecule has 2 aromatic rings.